The molecule has 8 heavy (non-hydrogen) atoms. The van der Waals surface area contributed by atoms with Crippen molar-refractivity contribution in [2.75, 3.05) is 0 Å². The fourth-order valence-corrected chi connectivity index (χ4v) is 0.548. The first-order valence-electron chi connectivity index (χ1n) is 2.59. The smallest absolute Gasteiger partial charge is 0.0908 e. The van der Waals surface area contributed by atoms with Gasteiger partial charge in [0.2, 0.25) is 0 Å². The van der Waals surface area contributed by atoms with Crippen molar-refractivity contribution in [1.29, 1.82) is 0 Å². The van der Waals surface area contributed by atoms with Crippen molar-refractivity contribution in [3.05, 3.63) is 36.5 Å². The molecule has 0 radical (unpaired) electrons. The number of aliphatic hydroxyl groups is 1. The van der Waals surface area contributed by atoms with Gasteiger partial charge in [-0.05, 0) is 0 Å². The summed E-state index contributed by atoms with van der Waals surface area (Å²) in [5.74, 6) is 0. The molecule has 0 heterocycles. The molecule has 0 amide bonds. The maximum Gasteiger partial charge on any atom is 0.0908 e. The van der Waals surface area contributed by atoms with Gasteiger partial charge in [-0.15, -0.1) is 0 Å². The lowest BCUT2D eigenvalue weighted by molar-refractivity contribution is 0.272. The number of allylic oxidation sites excluding steroid dienone is 4. The first kappa shape index (κ1) is 5.32. The Morgan fingerprint density at radius 3 is 1.88 bits per heavy atom. The normalized spacial score (nSPS) is 19.1. The molecule has 1 nitrogen and oxygen atoms in total. The fraction of sp³-hybridized carbons (Fsp3) is 0.143. The quantitative estimate of drug-likeness (QED) is 0.491. The fourth-order valence-electron chi connectivity index (χ4n) is 0.548. The van der Waals surface area contributed by atoms with E-state index >= 15 is 0 Å². The molecule has 0 atom stereocenters. The van der Waals surface area contributed by atoms with Crippen molar-refractivity contribution in [1.82, 2.24) is 0 Å². The van der Waals surface area contributed by atoms with Crippen molar-refractivity contribution in [3.63, 3.8) is 0 Å². The van der Waals surface area contributed by atoms with E-state index in [9.17, 15) is 0 Å². The van der Waals surface area contributed by atoms with Crippen LogP contribution in [0.4, 0.5) is 0 Å². The van der Waals surface area contributed by atoms with E-state index < -0.39 is 6.10 Å². The van der Waals surface area contributed by atoms with Gasteiger partial charge >= 0.3 is 0 Å². The number of hydrogen-bond donors (Lipinski definition) is 1. The predicted octanol–water partition coefficient (Wildman–Crippen LogP) is 1.03. The van der Waals surface area contributed by atoms with Gasteiger partial charge in [-0.2, -0.15) is 0 Å². The molecule has 0 aliphatic heterocycles. The van der Waals surface area contributed by atoms with E-state index in [-0.39, 0.29) is 0 Å². The highest BCUT2D eigenvalue weighted by molar-refractivity contribution is 5.19. The third-order valence-electron chi connectivity index (χ3n) is 0.950. The van der Waals surface area contributed by atoms with Crippen LogP contribution in [-0.4, -0.2) is 11.2 Å². The molecule has 0 spiro atoms. The third-order valence-corrected chi connectivity index (χ3v) is 0.950. The Balaban J connectivity index is 2.66. The van der Waals surface area contributed by atoms with Crippen molar-refractivity contribution < 1.29 is 5.11 Å². The lowest BCUT2D eigenvalue weighted by Crippen LogP contribution is -1.93. The summed E-state index contributed by atoms with van der Waals surface area (Å²) in [6.07, 6.45) is 10.5. The molecule has 0 aromatic rings. The Morgan fingerprint density at radius 2 is 1.38 bits per heavy atom. The van der Waals surface area contributed by atoms with Crippen molar-refractivity contribution >= 4 is 0 Å². The second-order valence-corrected chi connectivity index (χ2v) is 1.65. The highest BCUT2D eigenvalue weighted by Crippen LogP contribution is 1.94. The highest BCUT2D eigenvalue weighted by atomic mass is 16.3. The summed E-state index contributed by atoms with van der Waals surface area (Å²) in [6, 6.07) is 0. The van der Waals surface area contributed by atoms with E-state index in [2.05, 4.69) is 0 Å². The van der Waals surface area contributed by atoms with E-state index in [0.29, 0.717) is 0 Å². The molecule has 0 aromatic heterocycles. The lowest BCUT2D eigenvalue weighted by atomic mass is 10.3. The number of hydrogen-bond acceptors (Lipinski definition) is 1. The summed E-state index contributed by atoms with van der Waals surface area (Å²) in [6.45, 7) is 0. The molecule has 1 heteroatoms. The summed E-state index contributed by atoms with van der Waals surface area (Å²) >= 11 is 0. The van der Waals surface area contributed by atoms with Gasteiger partial charge in [0.15, 0.2) is 0 Å². The molecule has 0 saturated carbocycles. The van der Waals surface area contributed by atoms with Crippen LogP contribution >= 0.6 is 0 Å². The minimum absolute atomic E-state index is 0.398. The average molecular weight is 108 g/mol. The van der Waals surface area contributed by atoms with Gasteiger partial charge in [0.05, 0.1) is 6.10 Å². The molecule has 1 rings (SSSR count). The van der Waals surface area contributed by atoms with Gasteiger partial charge in [-0.1, -0.05) is 36.5 Å². The van der Waals surface area contributed by atoms with Crippen LogP contribution in [0.1, 0.15) is 0 Å². The molecule has 0 bridgehead atoms. The van der Waals surface area contributed by atoms with E-state index in [1.54, 1.807) is 12.2 Å². The highest BCUT2D eigenvalue weighted by Gasteiger charge is 1.88. The summed E-state index contributed by atoms with van der Waals surface area (Å²) in [7, 11) is 0. The zero-order chi connectivity index (χ0) is 5.82. The Hall–Kier alpha value is -0.820. The first-order chi connectivity index (χ1) is 3.89. The minimum Gasteiger partial charge on any atom is -0.385 e. The van der Waals surface area contributed by atoms with Gasteiger partial charge in [0.1, 0.15) is 0 Å². The van der Waals surface area contributed by atoms with Gasteiger partial charge in [0, 0.05) is 0 Å². The molecular formula is C7H8O. The average Bonchev–Trinajstić information content (AvgIpc) is 1.94. The number of aliphatic hydroxyl groups excluding tert-OH is 1. The summed E-state index contributed by atoms with van der Waals surface area (Å²) < 4.78 is 0. The van der Waals surface area contributed by atoms with Crippen molar-refractivity contribution in [2.45, 2.75) is 6.10 Å². The van der Waals surface area contributed by atoms with Crippen LogP contribution in [0.2, 0.25) is 0 Å². The van der Waals surface area contributed by atoms with E-state index in [1.165, 1.54) is 0 Å². The second kappa shape index (κ2) is 2.48. The van der Waals surface area contributed by atoms with Gasteiger partial charge in [-0.25, -0.2) is 0 Å². The van der Waals surface area contributed by atoms with Gasteiger partial charge < -0.3 is 5.11 Å². The van der Waals surface area contributed by atoms with Crippen molar-refractivity contribution in [2.24, 2.45) is 0 Å². The maximum atomic E-state index is 8.88. The van der Waals surface area contributed by atoms with Crippen LogP contribution in [0.15, 0.2) is 36.5 Å². The molecule has 1 aliphatic rings. The minimum atomic E-state index is -0.398. The topological polar surface area (TPSA) is 20.2 Å². The zero-order valence-corrected chi connectivity index (χ0v) is 4.49. The lowest BCUT2D eigenvalue weighted by Gasteiger charge is -1.90. The monoisotopic (exact) mass is 108 g/mol. The Bertz CT molecular complexity index is 126. The van der Waals surface area contributed by atoms with Crippen LogP contribution in [0, 0.1) is 0 Å². The molecule has 42 valence electrons. The predicted molar refractivity (Wildman–Crippen MR) is 33.4 cm³/mol. The molecule has 0 unspecified atom stereocenters. The first-order valence-corrected chi connectivity index (χ1v) is 2.59. The SMILES string of the molecule is OC1C=CC=CC=C1. The van der Waals surface area contributed by atoms with Crippen LogP contribution in [0.3, 0.4) is 0 Å². The molecule has 0 saturated heterocycles. The molecule has 1 N–H and O–H groups in total. The van der Waals surface area contributed by atoms with E-state index in [0.717, 1.165) is 0 Å². The van der Waals surface area contributed by atoms with Crippen LogP contribution in [0.5, 0.6) is 0 Å². The summed E-state index contributed by atoms with van der Waals surface area (Å²) in [5.41, 5.74) is 0. The van der Waals surface area contributed by atoms with Gasteiger partial charge in [-0.3, -0.25) is 0 Å². The molecule has 0 fully saturated rings. The third kappa shape index (κ3) is 1.35. The molecule has 1 aliphatic carbocycles. The van der Waals surface area contributed by atoms with E-state index in [4.69, 9.17) is 5.11 Å². The number of rotatable bonds is 0. The second-order valence-electron chi connectivity index (χ2n) is 1.65. The van der Waals surface area contributed by atoms with Gasteiger partial charge in [0.25, 0.3) is 0 Å². The Labute approximate surface area is 48.6 Å². The van der Waals surface area contributed by atoms with Crippen LogP contribution < -0.4 is 0 Å². The van der Waals surface area contributed by atoms with E-state index in [1.807, 2.05) is 24.3 Å². The Kier molecular flexibility index (Phi) is 1.65. The molecule has 0 aromatic carbocycles. The van der Waals surface area contributed by atoms with Crippen molar-refractivity contribution in [3.8, 4) is 0 Å². The molecular weight excluding hydrogens is 100 g/mol. The Morgan fingerprint density at radius 1 is 0.875 bits per heavy atom. The van der Waals surface area contributed by atoms with Crippen LogP contribution in [0.25, 0.3) is 0 Å². The summed E-state index contributed by atoms with van der Waals surface area (Å²) in [4.78, 5) is 0. The zero-order valence-electron chi connectivity index (χ0n) is 4.49. The maximum absolute atomic E-state index is 8.88. The summed E-state index contributed by atoms with van der Waals surface area (Å²) in [5, 5.41) is 8.88. The largest absolute Gasteiger partial charge is 0.385 e. The standard InChI is InChI=1S/C7H8O/c8-7-5-3-1-2-4-6-7/h1-8H. The van der Waals surface area contributed by atoms with Crippen LogP contribution in [-0.2, 0) is 0 Å².